The fourth-order valence-electron chi connectivity index (χ4n) is 3.46. The molecule has 4 rings (SSSR count). The lowest BCUT2D eigenvalue weighted by Gasteiger charge is -2.03. The third-order valence-corrected chi connectivity index (χ3v) is 5.05. The summed E-state index contributed by atoms with van der Waals surface area (Å²) in [6, 6.07) is 13.6. The smallest absolute Gasteiger partial charge is 0.272 e. The molecule has 0 bridgehead atoms. The van der Waals surface area contributed by atoms with E-state index in [1.165, 1.54) is 0 Å². The van der Waals surface area contributed by atoms with Gasteiger partial charge in [-0.05, 0) is 42.5 Å². The Balaban J connectivity index is 1.50. The Bertz CT molecular complexity index is 1340. The first-order valence-corrected chi connectivity index (χ1v) is 10.3. The third-order valence-electron chi connectivity index (χ3n) is 5.05. The van der Waals surface area contributed by atoms with Gasteiger partial charge in [-0.15, -0.1) is 0 Å². The van der Waals surface area contributed by atoms with Gasteiger partial charge in [0.05, 0.1) is 13.2 Å². The number of nitrogens with one attached hydrogen (secondary N) is 5. The van der Waals surface area contributed by atoms with Crippen molar-refractivity contribution in [3.05, 3.63) is 65.5 Å². The second-order valence-corrected chi connectivity index (χ2v) is 7.38. The number of aromatic nitrogens is 2. The number of aliphatic hydroxyl groups is 2. The van der Waals surface area contributed by atoms with Gasteiger partial charge in [-0.1, -0.05) is 6.07 Å². The fourth-order valence-corrected chi connectivity index (χ4v) is 3.46. The number of anilines is 1. The Labute approximate surface area is 188 Å². The van der Waals surface area contributed by atoms with E-state index in [2.05, 4.69) is 25.9 Å². The zero-order valence-corrected chi connectivity index (χ0v) is 17.6. The molecule has 33 heavy (non-hydrogen) atoms. The molecule has 10 nitrogen and oxygen atoms in total. The minimum absolute atomic E-state index is 0.144. The lowest BCUT2D eigenvalue weighted by Crippen LogP contribution is -2.26. The number of aromatic amines is 2. The monoisotopic (exact) mass is 449 g/mol. The quantitative estimate of drug-likeness (QED) is 0.216. The van der Waals surface area contributed by atoms with Gasteiger partial charge in [-0.3, -0.25) is 14.4 Å². The molecule has 10 heteroatoms. The van der Waals surface area contributed by atoms with Gasteiger partial charge < -0.3 is 36.1 Å². The molecule has 170 valence electrons. The Kier molecular flexibility index (Phi) is 6.38. The van der Waals surface area contributed by atoms with Gasteiger partial charge in [-0.2, -0.15) is 0 Å². The average Bonchev–Trinajstić information content (AvgIpc) is 3.44. The normalized spacial score (nSPS) is 11.0. The maximum Gasteiger partial charge on any atom is 0.272 e. The van der Waals surface area contributed by atoms with Crippen LogP contribution in [0.4, 0.5) is 5.69 Å². The molecule has 4 aromatic rings. The number of fused-ring (bicyclic) bond motifs is 2. The van der Waals surface area contributed by atoms with Gasteiger partial charge in [0, 0.05) is 46.1 Å². The first-order chi connectivity index (χ1) is 16.0. The van der Waals surface area contributed by atoms with E-state index in [0.29, 0.717) is 39.1 Å². The maximum atomic E-state index is 12.8. The molecule has 3 amide bonds. The van der Waals surface area contributed by atoms with Gasteiger partial charge in [0.25, 0.3) is 17.7 Å². The second-order valence-electron chi connectivity index (χ2n) is 7.38. The highest BCUT2D eigenvalue weighted by Crippen LogP contribution is 2.22. The first kappa shape index (κ1) is 22.1. The Morgan fingerprint density at radius 1 is 0.697 bits per heavy atom. The molecule has 7 N–H and O–H groups in total. The lowest BCUT2D eigenvalue weighted by atomic mass is 10.1. The summed E-state index contributed by atoms with van der Waals surface area (Å²) in [4.78, 5) is 42.9. The molecule has 0 atom stereocenters. The minimum atomic E-state index is -0.357. The van der Waals surface area contributed by atoms with Crippen LogP contribution in [0.25, 0.3) is 21.8 Å². The SMILES string of the molecule is O=C(NCCO)c1ccc2[nH]c(C(=O)Nc3ccc4cc(C(=O)NCCO)[nH]c4c3)cc2c1. The van der Waals surface area contributed by atoms with Crippen molar-refractivity contribution >= 4 is 45.2 Å². The largest absolute Gasteiger partial charge is 0.395 e. The highest BCUT2D eigenvalue weighted by Gasteiger charge is 2.14. The van der Waals surface area contributed by atoms with Crippen LogP contribution >= 0.6 is 0 Å². The predicted molar refractivity (Wildman–Crippen MR) is 123 cm³/mol. The van der Waals surface area contributed by atoms with Crippen molar-refractivity contribution in [3.8, 4) is 0 Å². The molecule has 0 saturated carbocycles. The first-order valence-electron chi connectivity index (χ1n) is 10.3. The van der Waals surface area contributed by atoms with E-state index in [0.717, 1.165) is 5.39 Å². The summed E-state index contributed by atoms with van der Waals surface area (Å²) in [6.45, 7) is 0.0373. The zero-order valence-electron chi connectivity index (χ0n) is 17.6. The summed E-state index contributed by atoms with van der Waals surface area (Å²) in [7, 11) is 0. The van der Waals surface area contributed by atoms with Gasteiger partial charge in [-0.25, -0.2) is 0 Å². The van der Waals surface area contributed by atoms with Crippen LogP contribution in [0.15, 0.2) is 48.5 Å². The standard InChI is InChI=1S/C23H23N5O5/c29-7-5-24-21(31)14-2-4-17-15(9-14)11-20(27-17)23(33)26-16-3-1-13-10-19(28-18(13)12-16)22(32)25-6-8-30/h1-4,9-12,27-30H,5-8H2,(H,24,31)(H,25,32)(H,26,33). The van der Waals surface area contributed by atoms with Gasteiger partial charge in [0.2, 0.25) is 0 Å². The maximum absolute atomic E-state index is 12.8. The topological polar surface area (TPSA) is 159 Å². The Morgan fingerprint density at radius 3 is 2.12 bits per heavy atom. The molecule has 2 aromatic carbocycles. The number of hydrogen-bond donors (Lipinski definition) is 7. The van der Waals surface area contributed by atoms with E-state index in [9.17, 15) is 14.4 Å². The van der Waals surface area contributed by atoms with Crippen LogP contribution < -0.4 is 16.0 Å². The molecular weight excluding hydrogens is 426 g/mol. The van der Waals surface area contributed by atoms with E-state index >= 15 is 0 Å². The van der Waals surface area contributed by atoms with Crippen molar-refractivity contribution in [1.29, 1.82) is 0 Å². The highest BCUT2D eigenvalue weighted by molar-refractivity contribution is 6.08. The van der Waals surface area contributed by atoms with Crippen LogP contribution in [0.1, 0.15) is 31.3 Å². The number of amides is 3. The van der Waals surface area contributed by atoms with E-state index in [1.807, 2.05) is 0 Å². The minimum Gasteiger partial charge on any atom is -0.395 e. The van der Waals surface area contributed by atoms with E-state index in [1.54, 1.807) is 48.5 Å². The summed E-state index contributed by atoms with van der Waals surface area (Å²) in [5.41, 5.74) is 3.04. The van der Waals surface area contributed by atoms with Crippen LogP contribution in [-0.2, 0) is 0 Å². The van der Waals surface area contributed by atoms with Crippen LogP contribution in [0.3, 0.4) is 0 Å². The Morgan fingerprint density at radius 2 is 1.36 bits per heavy atom. The number of H-pyrrole nitrogens is 2. The molecule has 2 heterocycles. The number of carbonyl (C=O) groups is 3. The predicted octanol–water partition coefficient (Wildman–Crippen LogP) is 1.35. The number of carbonyl (C=O) groups excluding carboxylic acids is 3. The van der Waals surface area contributed by atoms with Crippen LogP contribution in [0.5, 0.6) is 0 Å². The molecule has 2 aromatic heterocycles. The van der Waals surface area contributed by atoms with Gasteiger partial charge in [0.15, 0.2) is 0 Å². The molecule has 0 radical (unpaired) electrons. The van der Waals surface area contributed by atoms with Crippen LogP contribution in [-0.4, -0.2) is 64.2 Å². The highest BCUT2D eigenvalue weighted by atomic mass is 16.3. The average molecular weight is 449 g/mol. The summed E-state index contributed by atoms with van der Waals surface area (Å²) >= 11 is 0. The molecule has 0 fully saturated rings. The van der Waals surface area contributed by atoms with E-state index < -0.39 is 0 Å². The van der Waals surface area contributed by atoms with Crippen molar-refractivity contribution in [2.45, 2.75) is 0 Å². The van der Waals surface area contributed by atoms with Crippen molar-refractivity contribution in [2.24, 2.45) is 0 Å². The summed E-state index contributed by atoms with van der Waals surface area (Å²) in [5, 5.41) is 27.2. The molecule has 0 aliphatic heterocycles. The van der Waals surface area contributed by atoms with Crippen molar-refractivity contribution in [3.63, 3.8) is 0 Å². The second kappa shape index (κ2) is 9.55. The molecule has 0 aliphatic rings. The van der Waals surface area contributed by atoms with Gasteiger partial charge in [0.1, 0.15) is 11.4 Å². The summed E-state index contributed by atoms with van der Waals surface area (Å²) in [6.07, 6.45) is 0. The fraction of sp³-hybridized carbons (Fsp3) is 0.174. The zero-order chi connectivity index (χ0) is 23.4. The van der Waals surface area contributed by atoms with Crippen molar-refractivity contribution in [2.75, 3.05) is 31.6 Å². The molecule has 0 saturated heterocycles. The summed E-state index contributed by atoms with van der Waals surface area (Å²) in [5.74, 6) is -0.987. The third kappa shape index (κ3) is 4.86. The molecular formula is C23H23N5O5. The van der Waals surface area contributed by atoms with Crippen molar-refractivity contribution in [1.82, 2.24) is 20.6 Å². The number of rotatable bonds is 8. The van der Waals surface area contributed by atoms with Crippen LogP contribution in [0, 0.1) is 0 Å². The van der Waals surface area contributed by atoms with E-state index in [4.69, 9.17) is 10.2 Å². The number of aliphatic hydroxyl groups excluding tert-OH is 2. The number of hydrogen-bond acceptors (Lipinski definition) is 5. The molecule has 0 unspecified atom stereocenters. The summed E-state index contributed by atoms with van der Waals surface area (Å²) < 4.78 is 0. The Hall–Kier alpha value is -4.15. The van der Waals surface area contributed by atoms with Gasteiger partial charge >= 0.3 is 0 Å². The van der Waals surface area contributed by atoms with Crippen molar-refractivity contribution < 1.29 is 24.6 Å². The molecule has 0 aliphatic carbocycles. The number of benzene rings is 2. The van der Waals surface area contributed by atoms with E-state index in [-0.39, 0.29) is 44.0 Å². The van der Waals surface area contributed by atoms with Crippen LogP contribution in [0.2, 0.25) is 0 Å². The molecule has 0 spiro atoms. The lowest BCUT2D eigenvalue weighted by molar-refractivity contribution is 0.0935.